The first-order valence-electron chi connectivity index (χ1n) is 9.96. The summed E-state index contributed by atoms with van der Waals surface area (Å²) < 4.78 is 1.71. The van der Waals surface area contributed by atoms with Gasteiger partial charge in [-0.3, -0.25) is 4.79 Å². The summed E-state index contributed by atoms with van der Waals surface area (Å²) in [7, 11) is 0. The highest BCUT2D eigenvalue weighted by Gasteiger charge is 2.24. The number of aromatic nitrogens is 2. The highest BCUT2D eigenvalue weighted by atomic mass is 35.5. The fraction of sp³-hybridized carbons (Fsp3) is 0.217. The lowest BCUT2D eigenvalue weighted by Gasteiger charge is -2.15. The summed E-state index contributed by atoms with van der Waals surface area (Å²) in [5.74, 6) is 0.611. The van der Waals surface area contributed by atoms with E-state index < -0.39 is 0 Å². The molecule has 1 aliphatic rings. The summed E-state index contributed by atoms with van der Waals surface area (Å²) >= 11 is 6.77. The van der Waals surface area contributed by atoms with Gasteiger partial charge in [-0.1, -0.05) is 72.3 Å². The van der Waals surface area contributed by atoms with Crippen molar-refractivity contribution < 1.29 is 4.79 Å². The van der Waals surface area contributed by atoms with E-state index in [1.807, 2.05) is 65.6 Å². The van der Waals surface area contributed by atoms with E-state index in [9.17, 15) is 4.79 Å². The molecule has 0 bridgehead atoms. The summed E-state index contributed by atoms with van der Waals surface area (Å²) in [4.78, 5) is 13.8. The van der Waals surface area contributed by atoms with Crippen LogP contribution in [0, 0.1) is 0 Å². The molecule has 4 rings (SSSR count). The van der Waals surface area contributed by atoms with Crippen LogP contribution in [0.25, 0.3) is 22.0 Å². The van der Waals surface area contributed by atoms with E-state index in [0.29, 0.717) is 47.3 Å². The molecule has 1 amide bonds. The minimum Gasteiger partial charge on any atom is -0.397 e. The molecule has 0 spiro atoms. The SMILES string of the molecule is N/C(=C(/Cl)c1c(-c2ccccc2)nn(CCN2CCCC2=O)c1N)c1ccccc1. The van der Waals surface area contributed by atoms with Crippen LogP contribution in [-0.2, 0) is 11.3 Å². The van der Waals surface area contributed by atoms with E-state index in [4.69, 9.17) is 28.2 Å². The third-order valence-electron chi connectivity index (χ3n) is 5.33. The standard InChI is InChI=1S/C23H24ClN5O/c24-20(21(25)16-8-3-1-4-9-16)19-22(17-10-5-2-6-11-17)27-29(23(19)26)15-14-28-13-7-12-18(28)30/h1-6,8-11H,7,12-15,25-26H2/b21-20+. The van der Waals surface area contributed by atoms with Crippen molar-refractivity contribution in [2.24, 2.45) is 5.73 Å². The third kappa shape index (κ3) is 3.91. The number of halogens is 1. The third-order valence-corrected chi connectivity index (χ3v) is 5.73. The van der Waals surface area contributed by atoms with Crippen LogP contribution in [0.5, 0.6) is 0 Å². The predicted octanol–water partition coefficient (Wildman–Crippen LogP) is 3.78. The second-order valence-corrected chi connectivity index (χ2v) is 7.65. The van der Waals surface area contributed by atoms with E-state index in [0.717, 1.165) is 24.1 Å². The molecular weight excluding hydrogens is 398 g/mol. The highest BCUT2D eigenvalue weighted by Crippen LogP contribution is 2.37. The number of amides is 1. The zero-order valence-corrected chi connectivity index (χ0v) is 17.3. The first-order chi connectivity index (χ1) is 14.6. The largest absolute Gasteiger partial charge is 0.397 e. The van der Waals surface area contributed by atoms with Gasteiger partial charge in [0.2, 0.25) is 5.91 Å². The molecule has 0 saturated carbocycles. The number of benzene rings is 2. The van der Waals surface area contributed by atoms with E-state index in [1.165, 1.54) is 0 Å². The van der Waals surface area contributed by atoms with Crippen molar-refractivity contribution in [3.05, 3.63) is 71.8 Å². The summed E-state index contributed by atoms with van der Waals surface area (Å²) in [5.41, 5.74) is 16.3. The number of nitrogens with zero attached hydrogens (tertiary/aromatic N) is 3. The van der Waals surface area contributed by atoms with Crippen LogP contribution in [0.15, 0.2) is 60.7 Å². The number of hydrogen-bond donors (Lipinski definition) is 2. The first kappa shape index (κ1) is 20.0. The number of rotatable bonds is 6. The van der Waals surface area contributed by atoms with Gasteiger partial charge in [0.15, 0.2) is 0 Å². The topological polar surface area (TPSA) is 90.2 Å². The summed E-state index contributed by atoms with van der Waals surface area (Å²) in [6.07, 6.45) is 1.51. The lowest BCUT2D eigenvalue weighted by Crippen LogP contribution is -2.29. The predicted molar refractivity (Wildman–Crippen MR) is 121 cm³/mol. The van der Waals surface area contributed by atoms with Crippen molar-refractivity contribution in [1.29, 1.82) is 0 Å². The summed E-state index contributed by atoms with van der Waals surface area (Å²) in [5, 5.41) is 5.10. The Kier molecular flexibility index (Phi) is 5.77. The molecule has 1 fully saturated rings. The van der Waals surface area contributed by atoms with Crippen LogP contribution < -0.4 is 11.5 Å². The maximum absolute atomic E-state index is 11.9. The van der Waals surface area contributed by atoms with Gasteiger partial charge in [-0.15, -0.1) is 0 Å². The number of hydrogen-bond acceptors (Lipinski definition) is 4. The molecule has 0 aliphatic carbocycles. The van der Waals surface area contributed by atoms with Crippen molar-refractivity contribution in [3.63, 3.8) is 0 Å². The molecule has 0 atom stereocenters. The van der Waals surface area contributed by atoms with Crippen LogP contribution in [0.4, 0.5) is 5.82 Å². The van der Waals surface area contributed by atoms with Gasteiger partial charge in [0.05, 0.1) is 22.8 Å². The van der Waals surface area contributed by atoms with Crippen LogP contribution in [0.1, 0.15) is 24.0 Å². The fourth-order valence-electron chi connectivity index (χ4n) is 3.69. The zero-order chi connectivity index (χ0) is 21.1. The maximum atomic E-state index is 11.9. The van der Waals surface area contributed by atoms with Gasteiger partial charge in [0.25, 0.3) is 0 Å². The Morgan fingerprint density at radius 2 is 1.70 bits per heavy atom. The van der Waals surface area contributed by atoms with E-state index >= 15 is 0 Å². The lowest BCUT2D eigenvalue weighted by molar-refractivity contribution is -0.127. The van der Waals surface area contributed by atoms with Crippen LogP contribution in [0.2, 0.25) is 0 Å². The van der Waals surface area contributed by atoms with Crippen LogP contribution >= 0.6 is 11.6 Å². The molecular formula is C23H24ClN5O. The molecule has 6 nitrogen and oxygen atoms in total. The number of anilines is 1. The normalized spacial score (nSPS) is 14.8. The van der Waals surface area contributed by atoms with Gasteiger partial charge in [-0.05, 0) is 12.0 Å². The van der Waals surface area contributed by atoms with Gasteiger partial charge in [-0.25, -0.2) is 4.68 Å². The van der Waals surface area contributed by atoms with Gasteiger partial charge in [0.1, 0.15) is 11.5 Å². The smallest absolute Gasteiger partial charge is 0.222 e. The molecule has 1 saturated heterocycles. The number of carbonyl (C=O) groups excluding carboxylic acids is 1. The molecule has 2 heterocycles. The van der Waals surface area contributed by atoms with Gasteiger partial charge in [0, 0.05) is 25.1 Å². The minimum absolute atomic E-state index is 0.176. The first-order valence-corrected chi connectivity index (χ1v) is 10.3. The molecule has 4 N–H and O–H groups in total. The average molecular weight is 422 g/mol. The van der Waals surface area contributed by atoms with Crippen molar-refractivity contribution >= 4 is 34.1 Å². The molecule has 0 unspecified atom stereocenters. The number of nitrogen functional groups attached to an aromatic ring is 1. The highest BCUT2D eigenvalue weighted by molar-refractivity contribution is 6.53. The van der Waals surface area contributed by atoms with E-state index in [1.54, 1.807) is 4.68 Å². The second kappa shape index (κ2) is 8.63. The Balaban J connectivity index is 1.76. The molecule has 154 valence electrons. The van der Waals surface area contributed by atoms with E-state index in [2.05, 4.69) is 0 Å². The molecule has 0 radical (unpaired) electrons. The summed E-state index contributed by atoms with van der Waals surface area (Å²) in [6, 6.07) is 19.3. The number of nitrogens with two attached hydrogens (primary N) is 2. The molecule has 7 heteroatoms. The number of carbonyl (C=O) groups is 1. The molecule has 1 aromatic heterocycles. The Morgan fingerprint density at radius 3 is 2.33 bits per heavy atom. The van der Waals surface area contributed by atoms with E-state index in [-0.39, 0.29) is 5.91 Å². The summed E-state index contributed by atoms with van der Waals surface area (Å²) in [6.45, 7) is 1.83. The van der Waals surface area contributed by atoms with Crippen molar-refractivity contribution in [2.45, 2.75) is 19.4 Å². The molecule has 2 aromatic carbocycles. The monoisotopic (exact) mass is 421 g/mol. The van der Waals surface area contributed by atoms with Crippen molar-refractivity contribution in [3.8, 4) is 11.3 Å². The Bertz CT molecular complexity index is 1080. The number of likely N-dealkylation sites (tertiary alicyclic amines) is 1. The average Bonchev–Trinajstić information content (AvgIpc) is 3.35. The molecule has 3 aromatic rings. The van der Waals surface area contributed by atoms with Gasteiger partial charge >= 0.3 is 0 Å². The van der Waals surface area contributed by atoms with Crippen LogP contribution in [0.3, 0.4) is 0 Å². The van der Waals surface area contributed by atoms with Crippen LogP contribution in [-0.4, -0.2) is 33.7 Å². The van der Waals surface area contributed by atoms with Crippen molar-refractivity contribution in [1.82, 2.24) is 14.7 Å². The maximum Gasteiger partial charge on any atom is 0.222 e. The molecule has 1 aliphatic heterocycles. The lowest BCUT2D eigenvalue weighted by atomic mass is 10.0. The van der Waals surface area contributed by atoms with Gasteiger partial charge in [-0.2, -0.15) is 5.10 Å². The zero-order valence-electron chi connectivity index (χ0n) is 16.6. The molecule has 30 heavy (non-hydrogen) atoms. The van der Waals surface area contributed by atoms with Gasteiger partial charge < -0.3 is 16.4 Å². The minimum atomic E-state index is 0.176. The second-order valence-electron chi connectivity index (χ2n) is 7.28. The quantitative estimate of drug-likeness (QED) is 0.633. The Hall–Kier alpha value is -3.25. The Labute approximate surface area is 180 Å². The Morgan fingerprint density at radius 1 is 1.03 bits per heavy atom. The van der Waals surface area contributed by atoms with Crippen molar-refractivity contribution in [2.75, 3.05) is 18.8 Å². The fourth-order valence-corrected chi connectivity index (χ4v) is 3.99.